The molecule has 2 aliphatic rings. The van der Waals surface area contributed by atoms with E-state index >= 15 is 0 Å². The predicted octanol–water partition coefficient (Wildman–Crippen LogP) is 2.71. The van der Waals surface area contributed by atoms with Crippen molar-refractivity contribution in [3.8, 4) is 6.07 Å². The molecule has 0 aromatic heterocycles. The number of benzene rings is 1. The molecule has 0 atom stereocenters. The van der Waals surface area contributed by atoms with E-state index in [0.717, 1.165) is 32.4 Å². The van der Waals surface area contributed by atoms with Crippen LogP contribution in [-0.4, -0.2) is 41.4 Å². The Balaban J connectivity index is 1.91. The first-order valence-electron chi connectivity index (χ1n) is 8.21. The van der Waals surface area contributed by atoms with E-state index in [1.807, 2.05) is 4.90 Å². The number of nitrogens with zero attached hydrogens (tertiary/aromatic N) is 4. The molecule has 2 fully saturated rings. The monoisotopic (exact) mass is 328 g/mol. The summed E-state index contributed by atoms with van der Waals surface area (Å²) in [6.45, 7) is 1.59. The van der Waals surface area contributed by atoms with Crippen LogP contribution in [0.5, 0.6) is 0 Å². The van der Waals surface area contributed by atoms with Gasteiger partial charge in [0.15, 0.2) is 0 Å². The van der Waals surface area contributed by atoms with Crippen molar-refractivity contribution < 1.29 is 9.72 Å². The molecule has 0 bridgehead atoms. The smallest absolute Gasteiger partial charge is 0.293 e. The summed E-state index contributed by atoms with van der Waals surface area (Å²) in [4.78, 5) is 27.1. The maximum atomic E-state index is 12.7. The van der Waals surface area contributed by atoms with Crippen molar-refractivity contribution in [2.75, 3.05) is 25.0 Å². The molecule has 7 nitrogen and oxygen atoms in total. The molecule has 0 spiro atoms. The van der Waals surface area contributed by atoms with Gasteiger partial charge in [-0.05, 0) is 44.2 Å². The maximum absolute atomic E-state index is 12.7. The van der Waals surface area contributed by atoms with Crippen molar-refractivity contribution in [3.63, 3.8) is 0 Å². The van der Waals surface area contributed by atoms with Crippen molar-refractivity contribution in [2.24, 2.45) is 0 Å². The maximum Gasteiger partial charge on any atom is 0.293 e. The molecule has 0 unspecified atom stereocenters. The fourth-order valence-electron chi connectivity index (χ4n) is 3.45. The summed E-state index contributed by atoms with van der Waals surface area (Å²) in [7, 11) is 1.60. The highest BCUT2D eigenvalue weighted by atomic mass is 16.6. The van der Waals surface area contributed by atoms with Gasteiger partial charge in [0.25, 0.3) is 11.6 Å². The Morgan fingerprint density at radius 3 is 2.50 bits per heavy atom. The average Bonchev–Trinajstić information content (AvgIpc) is 3.07. The summed E-state index contributed by atoms with van der Waals surface area (Å²) in [5.41, 5.74) is 0.0132. The van der Waals surface area contributed by atoms with Gasteiger partial charge < -0.3 is 9.80 Å². The molecule has 1 amide bonds. The summed E-state index contributed by atoms with van der Waals surface area (Å²) >= 11 is 0. The topological polar surface area (TPSA) is 90.5 Å². The molecule has 1 aromatic rings. The minimum atomic E-state index is -0.764. The Hall–Kier alpha value is -2.62. The molecule has 24 heavy (non-hydrogen) atoms. The fraction of sp³-hybridized carbons (Fsp3) is 0.529. The number of carbonyl (C=O) groups is 1. The van der Waals surface area contributed by atoms with Crippen LogP contribution in [0.3, 0.4) is 0 Å². The molecule has 7 heteroatoms. The Morgan fingerprint density at radius 1 is 1.33 bits per heavy atom. The van der Waals surface area contributed by atoms with Crippen molar-refractivity contribution >= 4 is 17.3 Å². The van der Waals surface area contributed by atoms with E-state index in [0.29, 0.717) is 18.5 Å². The lowest BCUT2D eigenvalue weighted by Crippen LogP contribution is -2.53. The lowest BCUT2D eigenvalue weighted by Gasteiger charge is -2.42. The third kappa shape index (κ3) is 2.58. The van der Waals surface area contributed by atoms with Gasteiger partial charge in [0.05, 0.1) is 11.0 Å². The molecule has 1 saturated heterocycles. The number of nitro benzene ring substituents is 1. The normalized spacial score (nSPS) is 18.6. The molecular weight excluding hydrogens is 308 g/mol. The second-order valence-electron chi connectivity index (χ2n) is 6.52. The molecule has 1 aromatic carbocycles. The SMILES string of the molecule is CN(C(=O)c1ccc(N2CCCC2)c([N+](=O)[O-])c1)C1(C#N)CCC1. The second-order valence-corrected chi connectivity index (χ2v) is 6.52. The van der Waals surface area contributed by atoms with Crippen LogP contribution in [0.4, 0.5) is 11.4 Å². The molecule has 1 aliphatic heterocycles. The summed E-state index contributed by atoms with van der Waals surface area (Å²) in [5, 5.41) is 20.8. The van der Waals surface area contributed by atoms with Crippen LogP contribution >= 0.6 is 0 Å². The molecule has 1 heterocycles. The lowest BCUT2D eigenvalue weighted by molar-refractivity contribution is -0.384. The first kappa shape index (κ1) is 16.2. The number of nitro groups is 1. The number of amides is 1. The van der Waals surface area contributed by atoms with Crippen LogP contribution in [0, 0.1) is 21.4 Å². The van der Waals surface area contributed by atoms with E-state index in [9.17, 15) is 20.2 Å². The molecule has 0 radical (unpaired) electrons. The summed E-state index contributed by atoms with van der Waals surface area (Å²) in [6, 6.07) is 6.85. The first-order valence-corrected chi connectivity index (χ1v) is 8.21. The van der Waals surface area contributed by atoms with Gasteiger partial charge >= 0.3 is 0 Å². The van der Waals surface area contributed by atoms with Crippen molar-refractivity contribution in [3.05, 3.63) is 33.9 Å². The van der Waals surface area contributed by atoms with Gasteiger partial charge in [-0.1, -0.05) is 0 Å². The van der Waals surface area contributed by atoms with Crippen molar-refractivity contribution in [2.45, 2.75) is 37.6 Å². The molecule has 3 rings (SSSR count). The minimum Gasteiger partial charge on any atom is -0.366 e. The van der Waals surface area contributed by atoms with E-state index in [4.69, 9.17) is 0 Å². The number of nitriles is 1. The van der Waals surface area contributed by atoms with Crippen LogP contribution in [0.15, 0.2) is 18.2 Å². The largest absolute Gasteiger partial charge is 0.366 e. The van der Waals surface area contributed by atoms with Crippen LogP contribution < -0.4 is 4.90 Å². The molecule has 126 valence electrons. The van der Waals surface area contributed by atoms with Crippen LogP contribution in [-0.2, 0) is 0 Å². The summed E-state index contributed by atoms with van der Waals surface area (Å²) < 4.78 is 0. The van der Waals surface area contributed by atoms with Crippen LogP contribution in [0.2, 0.25) is 0 Å². The number of rotatable bonds is 4. The van der Waals surface area contributed by atoms with Gasteiger partial charge in [-0.2, -0.15) is 5.26 Å². The zero-order chi connectivity index (χ0) is 17.3. The van der Waals surface area contributed by atoms with Gasteiger partial charge in [0.1, 0.15) is 11.2 Å². The minimum absolute atomic E-state index is 0.0456. The molecule has 1 aliphatic carbocycles. The standard InChI is InChI=1S/C17H20N4O3/c1-19(17(12-18)7-4-8-17)16(22)13-5-6-14(15(11-13)21(23)24)20-9-2-3-10-20/h5-6,11H,2-4,7-10H2,1H3. The van der Waals surface area contributed by atoms with Crippen molar-refractivity contribution in [1.82, 2.24) is 4.90 Å². The number of hydrogen-bond acceptors (Lipinski definition) is 5. The van der Waals surface area contributed by atoms with E-state index in [2.05, 4.69) is 6.07 Å². The van der Waals surface area contributed by atoms with E-state index < -0.39 is 10.5 Å². The fourth-order valence-corrected chi connectivity index (χ4v) is 3.45. The van der Waals surface area contributed by atoms with E-state index in [-0.39, 0.29) is 17.2 Å². The Labute approximate surface area is 140 Å². The van der Waals surface area contributed by atoms with Gasteiger partial charge in [0, 0.05) is 31.8 Å². The first-order chi connectivity index (χ1) is 11.5. The second kappa shape index (κ2) is 6.11. The van der Waals surface area contributed by atoms with E-state index in [1.165, 1.54) is 11.0 Å². The Bertz CT molecular complexity index is 715. The highest BCUT2D eigenvalue weighted by Gasteiger charge is 2.43. The molecule has 0 N–H and O–H groups in total. The van der Waals surface area contributed by atoms with Gasteiger partial charge in [-0.3, -0.25) is 14.9 Å². The Kier molecular flexibility index (Phi) is 4.14. The zero-order valence-electron chi connectivity index (χ0n) is 13.7. The predicted molar refractivity (Wildman–Crippen MR) is 88.8 cm³/mol. The average molecular weight is 328 g/mol. The lowest BCUT2D eigenvalue weighted by atomic mass is 9.76. The molecule has 1 saturated carbocycles. The van der Waals surface area contributed by atoms with Gasteiger partial charge in [-0.15, -0.1) is 0 Å². The van der Waals surface area contributed by atoms with E-state index in [1.54, 1.807) is 19.2 Å². The van der Waals surface area contributed by atoms with Crippen LogP contribution in [0.1, 0.15) is 42.5 Å². The number of carbonyl (C=O) groups excluding carboxylic acids is 1. The third-order valence-corrected chi connectivity index (χ3v) is 5.20. The molecular formula is C17H20N4O3. The highest BCUT2D eigenvalue weighted by Crippen LogP contribution is 2.38. The summed E-state index contributed by atoms with van der Waals surface area (Å²) in [5.74, 6) is -0.340. The third-order valence-electron chi connectivity index (χ3n) is 5.20. The van der Waals surface area contributed by atoms with Crippen LogP contribution in [0.25, 0.3) is 0 Å². The number of anilines is 1. The van der Waals surface area contributed by atoms with Gasteiger partial charge in [0.2, 0.25) is 0 Å². The quantitative estimate of drug-likeness (QED) is 0.626. The van der Waals surface area contributed by atoms with Gasteiger partial charge in [-0.25, -0.2) is 0 Å². The summed E-state index contributed by atoms with van der Waals surface area (Å²) in [6.07, 6.45) is 4.26. The van der Waals surface area contributed by atoms with Crippen molar-refractivity contribution in [1.29, 1.82) is 5.26 Å². The Morgan fingerprint density at radius 2 is 2.00 bits per heavy atom. The zero-order valence-corrected chi connectivity index (χ0v) is 13.7. The number of hydrogen-bond donors (Lipinski definition) is 0. The highest BCUT2D eigenvalue weighted by molar-refractivity contribution is 5.96.